The highest BCUT2D eigenvalue weighted by molar-refractivity contribution is 7.80. The lowest BCUT2D eigenvalue weighted by molar-refractivity contribution is 0.403. The lowest BCUT2D eigenvalue weighted by atomic mass is 9.95. The fraction of sp³-hybridized carbons (Fsp3) is 0.538. The molecular weight excluding hydrogens is 230 g/mol. The molecule has 2 heterocycles. The largest absolute Gasteiger partial charge is 0.389 e. The van der Waals surface area contributed by atoms with Gasteiger partial charge in [0.05, 0.1) is 0 Å². The summed E-state index contributed by atoms with van der Waals surface area (Å²) in [5.74, 6) is 1.80. The molecule has 1 aromatic heterocycles. The Balaban J connectivity index is 2.16. The second-order valence-electron chi connectivity index (χ2n) is 4.63. The van der Waals surface area contributed by atoms with Gasteiger partial charge in [0.25, 0.3) is 0 Å². The smallest absolute Gasteiger partial charge is 0.129 e. The van der Waals surface area contributed by atoms with Crippen LogP contribution in [0.25, 0.3) is 0 Å². The predicted molar refractivity (Wildman–Crippen MR) is 75.4 cm³/mol. The molecule has 0 aromatic carbocycles. The van der Waals surface area contributed by atoms with Gasteiger partial charge in [0.2, 0.25) is 0 Å². The first-order chi connectivity index (χ1) is 8.20. The zero-order valence-electron chi connectivity index (χ0n) is 10.2. The van der Waals surface area contributed by atoms with Gasteiger partial charge in [-0.1, -0.05) is 25.6 Å². The summed E-state index contributed by atoms with van der Waals surface area (Å²) >= 11 is 5.00. The van der Waals surface area contributed by atoms with Crippen molar-refractivity contribution in [1.82, 2.24) is 4.98 Å². The monoisotopic (exact) mass is 249 g/mol. The summed E-state index contributed by atoms with van der Waals surface area (Å²) in [6, 6.07) is 3.87. The SMILES string of the molecule is CCC1CCCN(c2cc(C(N)=S)ccn2)C1. The molecule has 1 aromatic rings. The second-order valence-corrected chi connectivity index (χ2v) is 5.07. The van der Waals surface area contributed by atoms with Crippen LogP contribution in [-0.2, 0) is 0 Å². The molecule has 2 rings (SSSR count). The van der Waals surface area contributed by atoms with Crippen LogP contribution in [0.3, 0.4) is 0 Å². The molecule has 0 amide bonds. The highest BCUT2D eigenvalue weighted by Crippen LogP contribution is 2.23. The number of anilines is 1. The Morgan fingerprint density at radius 2 is 2.47 bits per heavy atom. The molecule has 0 bridgehead atoms. The van der Waals surface area contributed by atoms with Crippen molar-refractivity contribution in [2.75, 3.05) is 18.0 Å². The Morgan fingerprint density at radius 1 is 1.65 bits per heavy atom. The van der Waals surface area contributed by atoms with Crippen LogP contribution in [0.15, 0.2) is 18.3 Å². The van der Waals surface area contributed by atoms with E-state index in [4.69, 9.17) is 18.0 Å². The van der Waals surface area contributed by atoms with Crippen LogP contribution in [0.2, 0.25) is 0 Å². The van der Waals surface area contributed by atoms with Gasteiger partial charge >= 0.3 is 0 Å². The minimum atomic E-state index is 0.442. The molecule has 0 radical (unpaired) electrons. The first kappa shape index (κ1) is 12.3. The van der Waals surface area contributed by atoms with Gasteiger partial charge in [-0.3, -0.25) is 0 Å². The van der Waals surface area contributed by atoms with E-state index in [9.17, 15) is 0 Å². The van der Waals surface area contributed by atoms with Crippen molar-refractivity contribution in [3.8, 4) is 0 Å². The standard InChI is InChI=1S/C13H19N3S/c1-2-10-4-3-7-16(9-10)12-8-11(13(14)17)5-6-15-12/h5-6,8,10H,2-4,7,9H2,1H3,(H2,14,17). The van der Waals surface area contributed by atoms with Gasteiger partial charge in [-0.15, -0.1) is 0 Å². The summed E-state index contributed by atoms with van der Waals surface area (Å²) in [6.07, 6.45) is 5.62. The highest BCUT2D eigenvalue weighted by atomic mass is 32.1. The van der Waals surface area contributed by atoms with E-state index in [2.05, 4.69) is 16.8 Å². The van der Waals surface area contributed by atoms with E-state index in [1.807, 2.05) is 12.1 Å². The molecule has 1 atom stereocenters. The van der Waals surface area contributed by atoms with Crippen molar-refractivity contribution in [2.24, 2.45) is 11.7 Å². The number of rotatable bonds is 3. The zero-order chi connectivity index (χ0) is 12.3. The molecule has 92 valence electrons. The van der Waals surface area contributed by atoms with Crippen molar-refractivity contribution in [3.63, 3.8) is 0 Å². The fourth-order valence-electron chi connectivity index (χ4n) is 2.35. The molecule has 1 aliphatic rings. The first-order valence-electron chi connectivity index (χ1n) is 6.21. The molecular formula is C13H19N3S. The van der Waals surface area contributed by atoms with E-state index in [0.29, 0.717) is 4.99 Å². The number of aromatic nitrogens is 1. The maximum Gasteiger partial charge on any atom is 0.129 e. The quantitative estimate of drug-likeness (QED) is 0.835. The Bertz CT molecular complexity index is 405. The molecule has 0 spiro atoms. The number of nitrogens with zero attached hydrogens (tertiary/aromatic N) is 2. The van der Waals surface area contributed by atoms with Gasteiger partial charge in [-0.2, -0.15) is 0 Å². The van der Waals surface area contributed by atoms with Gasteiger partial charge in [-0.05, 0) is 30.9 Å². The topological polar surface area (TPSA) is 42.1 Å². The Hall–Kier alpha value is -1.16. The third kappa shape index (κ3) is 2.94. The third-order valence-electron chi connectivity index (χ3n) is 3.45. The van der Waals surface area contributed by atoms with E-state index in [1.54, 1.807) is 6.20 Å². The van der Waals surface area contributed by atoms with Gasteiger partial charge in [0.15, 0.2) is 0 Å². The summed E-state index contributed by atoms with van der Waals surface area (Å²) < 4.78 is 0. The third-order valence-corrected chi connectivity index (χ3v) is 3.69. The second kappa shape index (κ2) is 5.45. The van der Waals surface area contributed by atoms with Crippen LogP contribution in [0, 0.1) is 5.92 Å². The van der Waals surface area contributed by atoms with Gasteiger partial charge < -0.3 is 10.6 Å². The summed E-state index contributed by atoms with van der Waals surface area (Å²) in [5.41, 5.74) is 6.56. The van der Waals surface area contributed by atoms with Crippen molar-refractivity contribution in [1.29, 1.82) is 0 Å². The first-order valence-corrected chi connectivity index (χ1v) is 6.62. The molecule has 3 nitrogen and oxygen atoms in total. The van der Waals surface area contributed by atoms with Crippen molar-refractivity contribution in [3.05, 3.63) is 23.9 Å². The fourth-order valence-corrected chi connectivity index (χ4v) is 2.48. The molecule has 2 N–H and O–H groups in total. The summed E-state index contributed by atoms with van der Waals surface area (Å²) in [7, 11) is 0. The molecule has 17 heavy (non-hydrogen) atoms. The molecule has 1 aliphatic heterocycles. The summed E-state index contributed by atoms with van der Waals surface area (Å²) in [6.45, 7) is 4.45. The Kier molecular flexibility index (Phi) is 3.94. The Labute approximate surface area is 108 Å². The van der Waals surface area contributed by atoms with Crippen LogP contribution < -0.4 is 10.6 Å². The van der Waals surface area contributed by atoms with Crippen molar-refractivity contribution < 1.29 is 0 Å². The average molecular weight is 249 g/mol. The maximum atomic E-state index is 5.65. The van der Waals surface area contributed by atoms with Crippen LogP contribution in [0.1, 0.15) is 31.7 Å². The summed E-state index contributed by atoms with van der Waals surface area (Å²) in [4.78, 5) is 7.21. The van der Waals surface area contributed by atoms with Gasteiger partial charge in [0.1, 0.15) is 10.8 Å². The number of piperidine rings is 1. The van der Waals surface area contributed by atoms with E-state index in [1.165, 1.54) is 19.3 Å². The normalized spacial score (nSPS) is 20.3. The summed E-state index contributed by atoms with van der Waals surface area (Å²) in [5, 5.41) is 0. The van der Waals surface area contributed by atoms with E-state index in [-0.39, 0.29) is 0 Å². The van der Waals surface area contributed by atoms with Gasteiger partial charge in [0, 0.05) is 24.8 Å². The number of thiocarbonyl (C=S) groups is 1. The van der Waals surface area contributed by atoms with Gasteiger partial charge in [-0.25, -0.2) is 4.98 Å². The number of pyridine rings is 1. The molecule has 1 saturated heterocycles. The molecule has 1 unspecified atom stereocenters. The maximum absolute atomic E-state index is 5.65. The number of hydrogen-bond acceptors (Lipinski definition) is 3. The predicted octanol–water partition coefficient (Wildman–Crippen LogP) is 2.34. The van der Waals surface area contributed by atoms with Crippen LogP contribution in [0.4, 0.5) is 5.82 Å². The van der Waals surface area contributed by atoms with Crippen molar-refractivity contribution >= 4 is 23.0 Å². The van der Waals surface area contributed by atoms with Crippen LogP contribution in [0.5, 0.6) is 0 Å². The minimum Gasteiger partial charge on any atom is -0.389 e. The van der Waals surface area contributed by atoms with E-state index < -0.39 is 0 Å². The van der Waals surface area contributed by atoms with Crippen LogP contribution in [-0.4, -0.2) is 23.1 Å². The molecule has 0 aliphatic carbocycles. The van der Waals surface area contributed by atoms with E-state index in [0.717, 1.165) is 30.4 Å². The zero-order valence-corrected chi connectivity index (χ0v) is 11.0. The number of nitrogens with two attached hydrogens (primary N) is 1. The number of hydrogen-bond donors (Lipinski definition) is 1. The van der Waals surface area contributed by atoms with E-state index >= 15 is 0 Å². The Morgan fingerprint density at radius 3 is 3.18 bits per heavy atom. The lowest BCUT2D eigenvalue weighted by Crippen LogP contribution is -2.35. The lowest BCUT2D eigenvalue weighted by Gasteiger charge is -2.33. The average Bonchev–Trinajstić information content (AvgIpc) is 2.39. The molecule has 1 fully saturated rings. The van der Waals surface area contributed by atoms with Crippen molar-refractivity contribution in [2.45, 2.75) is 26.2 Å². The van der Waals surface area contributed by atoms with Crippen LogP contribution >= 0.6 is 12.2 Å². The highest BCUT2D eigenvalue weighted by Gasteiger charge is 2.19. The molecule has 4 heteroatoms. The molecule has 0 saturated carbocycles. The minimum absolute atomic E-state index is 0.442.